The summed E-state index contributed by atoms with van der Waals surface area (Å²) < 4.78 is 60.7. The van der Waals surface area contributed by atoms with Gasteiger partial charge >= 0.3 is 0 Å². The van der Waals surface area contributed by atoms with Gasteiger partial charge in [-0.05, 0) is 30.7 Å². The summed E-state index contributed by atoms with van der Waals surface area (Å²) in [7, 11) is 3.11. The van der Waals surface area contributed by atoms with Crippen molar-refractivity contribution < 1.29 is 27.1 Å². The highest BCUT2D eigenvalue weighted by Gasteiger charge is 2.28. The molecule has 0 saturated heterocycles. The van der Waals surface area contributed by atoms with Gasteiger partial charge in [0.1, 0.15) is 17.1 Å². The second-order valence-electron chi connectivity index (χ2n) is 6.88. The molecule has 0 aliphatic heterocycles. The molecule has 2 aromatic heterocycles. The predicted molar refractivity (Wildman–Crippen MR) is 111 cm³/mol. The van der Waals surface area contributed by atoms with Gasteiger partial charge in [-0.3, -0.25) is 14.2 Å². The van der Waals surface area contributed by atoms with Crippen LogP contribution in [0.1, 0.15) is 51.4 Å². The first-order valence-corrected chi connectivity index (χ1v) is 9.72. The molecule has 3 rings (SSSR count). The summed E-state index contributed by atoms with van der Waals surface area (Å²) in [5.74, 6) is 0.0791. The minimum Gasteiger partial charge on any atom is -0.496 e. The first kappa shape index (κ1) is 23.5. The molecule has 0 bridgehead atoms. The fraction of sp³-hybridized carbons (Fsp3) is 0.286. The fourth-order valence-electron chi connectivity index (χ4n) is 3.13. The molecule has 0 amide bonds. The molecule has 0 aliphatic carbocycles. The Morgan fingerprint density at radius 2 is 1.97 bits per heavy atom. The van der Waals surface area contributed by atoms with Crippen molar-refractivity contribution in [2.75, 3.05) is 7.11 Å². The smallest absolute Gasteiger partial charge is 0.283 e. The van der Waals surface area contributed by atoms with Gasteiger partial charge in [0.15, 0.2) is 5.78 Å². The number of methoxy groups -OCH3 is 1. The van der Waals surface area contributed by atoms with Gasteiger partial charge in [0.2, 0.25) is 0 Å². The Morgan fingerprint density at radius 3 is 2.53 bits per heavy atom. The van der Waals surface area contributed by atoms with Gasteiger partial charge in [0.05, 0.1) is 30.4 Å². The molecule has 0 aliphatic rings. The Balaban J connectivity index is 1.93. The molecule has 0 spiro atoms. The van der Waals surface area contributed by atoms with Crippen LogP contribution < -0.4 is 4.74 Å². The highest BCUT2D eigenvalue weighted by atomic mass is 35.5. The molecule has 0 unspecified atom stereocenters. The molecule has 2 heterocycles. The van der Waals surface area contributed by atoms with Crippen LogP contribution in [0.4, 0.5) is 17.6 Å². The van der Waals surface area contributed by atoms with E-state index in [0.29, 0.717) is 28.1 Å². The van der Waals surface area contributed by atoms with Crippen molar-refractivity contribution in [3.8, 4) is 5.75 Å². The lowest BCUT2D eigenvalue weighted by Crippen LogP contribution is -2.08. The largest absolute Gasteiger partial charge is 0.496 e. The number of ether oxygens (including phenoxy) is 1. The van der Waals surface area contributed by atoms with E-state index in [2.05, 4.69) is 10.2 Å². The van der Waals surface area contributed by atoms with E-state index in [0.717, 1.165) is 4.68 Å². The number of carbonyl (C=O) groups excluding carboxylic acids is 1. The van der Waals surface area contributed by atoms with Crippen LogP contribution in [0.25, 0.3) is 6.08 Å². The first-order chi connectivity index (χ1) is 15.1. The van der Waals surface area contributed by atoms with Crippen molar-refractivity contribution in [3.63, 3.8) is 0 Å². The van der Waals surface area contributed by atoms with Crippen LogP contribution in [0, 0.1) is 6.92 Å². The normalized spacial score (nSPS) is 11.8. The topological polar surface area (TPSA) is 61.9 Å². The number of rotatable bonds is 8. The summed E-state index contributed by atoms with van der Waals surface area (Å²) in [6.07, 6.45) is -1.82. The van der Waals surface area contributed by atoms with Crippen molar-refractivity contribution in [1.82, 2.24) is 19.6 Å². The molecule has 1 aromatic carbocycles. The van der Waals surface area contributed by atoms with Crippen molar-refractivity contribution in [1.29, 1.82) is 0 Å². The number of allylic oxidation sites excluding steroid dienone is 1. The molecule has 32 heavy (non-hydrogen) atoms. The molecular formula is C21H19ClF4N4O2. The number of aryl methyl sites for hydroxylation is 1. The summed E-state index contributed by atoms with van der Waals surface area (Å²) in [5.41, 5.74) is 0.412. The van der Waals surface area contributed by atoms with E-state index in [-0.39, 0.29) is 12.3 Å². The molecular weight excluding hydrogens is 452 g/mol. The van der Waals surface area contributed by atoms with Crippen LogP contribution in [-0.4, -0.2) is 32.5 Å². The van der Waals surface area contributed by atoms with Gasteiger partial charge in [-0.2, -0.15) is 10.2 Å². The van der Waals surface area contributed by atoms with Crippen LogP contribution in [0.2, 0.25) is 5.02 Å². The molecule has 11 heteroatoms. The quantitative estimate of drug-likeness (QED) is 0.251. The average molecular weight is 471 g/mol. The number of aromatic nitrogens is 4. The maximum atomic E-state index is 13.5. The molecule has 0 N–H and O–H groups in total. The Morgan fingerprint density at radius 1 is 1.25 bits per heavy atom. The molecule has 0 radical (unpaired) electrons. The lowest BCUT2D eigenvalue weighted by Gasteiger charge is -2.12. The number of hydrogen-bond donors (Lipinski definition) is 0. The lowest BCUT2D eigenvalue weighted by atomic mass is 10.1. The second kappa shape index (κ2) is 9.56. The van der Waals surface area contributed by atoms with Gasteiger partial charge in [-0.15, -0.1) is 0 Å². The lowest BCUT2D eigenvalue weighted by molar-refractivity contribution is 0.104. The van der Waals surface area contributed by atoms with E-state index < -0.39 is 29.3 Å². The maximum Gasteiger partial charge on any atom is 0.283 e. The van der Waals surface area contributed by atoms with Crippen LogP contribution in [0.3, 0.4) is 0 Å². The maximum absolute atomic E-state index is 13.5. The number of benzene rings is 1. The monoisotopic (exact) mass is 470 g/mol. The summed E-state index contributed by atoms with van der Waals surface area (Å²) in [6, 6.07) is 4.83. The van der Waals surface area contributed by atoms with E-state index in [4.69, 9.17) is 16.3 Å². The van der Waals surface area contributed by atoms with Crippen LogP contribution in [0.5, 0.6) is 5.75 Å². The molecule has 0 atom stereocenters. The van der Waals surface area contributed by atoms with Gasteiger partial charge in [-0.25, -0.2) is 17.6 Å². The minimum absolute atomic E-state index is 0.256. The molecule has 6 nitrogen and oxygen atoms in total. The zero-order valence-corrected chi connectivity index (χ0v) is 18.1. The predicted octanol–water partition coefficient (Wildman–Crippen LogP) is 5.41. The van der Waals surface area contributed by atoms with Crippen molar-refractivity contribution in [2.24, 2.45) is 7.05 Å². The molecule has 0 fully saturated rings. The number of ketones is 1. The minimum atomic E-state index is -3.10. The standard InChI is InChI=1S/C21H19ClF4N4O2/c1-11-14(9-27-29(11)2)15(31)6-4-12-5-7-16(32-3)13(8-12)10-30-19(21(25)26)17(22)18(28-30)20(23)24/h4-9,20-21H,10H2,1-3H3/b6-4+. The van der Waals surface area contributed by atoms with E-state index in [9.17, 15) is 22.4 Å². The number of alkyl halides is 4. The van der Waals surface area contributed by atoms with Gasteiger partial charge in [0.25, 0.3) is 12.9 Å². The van der Waals surface area contributed by atoms with E-state index in [1.165, 1.54) is 19.4 Å². The highest BCUT2D eigenvalue weighted by Crippen LogP contribution is 2.35. The third kappa shape index (κ3) is 4.69. The van der Waals surface area contributed by atoms with E-state index in [1.807, 2.05) is 0 Å². The first-order valence-electron chi connectivity index (χ1n) is 9.34. The Labute approximate surface area is 186 Å². The second-order valence-corrected chi connectivity index (χ2v) is 7.26. The average Bonchev–Trinajstić information content (AvgIpc) is 3.25. The molecule has 170 valence electrons. The van der Waals surface area contributed by atoms with Crippen LogP contribution >= 0.6 is 11.6 Å². The summed E-state index contributed by atoms with van der Waals surface area (Å²) in [5, 5.41) is 6.84. The third-order valence-corrected chi connectivity index (χ3v) is 5.31. The van der Waals surface area contributed by atoms with E-state index >= 15 is 0 Å². The zero-order valence-electron chi connectivity index (χ0n) is 17.3. The number of nitrogens with zero attached hydrogens (tertiary/aromatic N) is 4. The molecule has 3 aromatic rings. The van der Waals surface area contributed by atoms with Crippen molar-refractivity contribution >= 4 is 23.5 Å². The SMILES string of the molecule is COc1ccc(/C=C/C(=O)c2cnn(C)c2C)cc1Cn1nc(C(F)F)c(Cl)c1C(F)F. The fourth-order valence-corrected chi connectivity index (χ4v) is 3.43. The van der Waals surface area contributed by atoms with Crippen molar-refractivity contribution in [2.45, 2.75) is 26.3 Å². The molecule has 0 saturated carbocycles. The third-order valence-electron chi connectivity index (χ3n) is 4.92. The van der Waals surface area contributed by atoms with Crippen LogP contribution in [0.15, 0.2) is 30.5 Å². The van der Waals surface area contributed by atoms with Gasteiger partial charge in [0, 0.05) is 18.3 Å². The van der Waals surface area contributed by atoms with Gasteiger partial charge < -0.3 is 4.74 Å². The number of hydrogen-bond acceptors (Lipinski definition) is 4. The highest BCUT2D eigenvalue weighted by molar-refractivity contribution is 6.32. The summed E-state index contributed by atoms with van der Waals surface area (Å²) in [4.78, 5) is 12.4. The summed E-state index contributed by atoms with van der Waals surface area (Å²) in [6.45, 7) is 1.48. The number of halogens is 5. The Bertz CT molecular complexity index is 1170. The van der Waals surface area contributed by atoms with Crippen molar-refractivity contribution in [3.05, 3.63) is 69.3 Å². The van der Waals surface area contributed by atoms with Crippen LogP contribution in [-0.2, 0) is 13.6 Å². The number of carbonyl (C=O) groups is 1. The zero-order chi connectivity index (χ0) is 23.6. The van der Waals surface area contributed by atoms with E-state index in [1.54, 1.807) is 42.9 Å². The Hall–Kier alpha value is -3.14. The Kier molecular flexibility index (Phi) is 7.02. The van der Waals surface area contributed by atoms with Gasteiger partial charge in [-0.1, -0.05) is 23.7 Å². The summed E-state index contributed by atoms with van der Waals surface area (Å²) >= 11 is 5.72.